The highest BCUT2D eigenvalue weighted by atomic mass is 16.3. The van der Waals surface area contributed by atoms with E-state index in [1.165, 1.54) is 0 Å². The average molecular weight is 237 g/mol. The van der Waals surface area contributed by atoms with Crippen molar-refractivity contribution in [2.24, 2.45) is 0 Å². The van der Waals surface area contributed by atoms with Crippen LogP contribution in [0, 0.1) is 0 Å². The van der Waals surface area contributed by atoms with Crippen LogP contribution in [0.5, 0.6) is 0 Å². The van der Waals surface area contributed by atoms with Crippen LogP contribution in [0.3, 0.4) is 0 Å². The van der Waals surface area contributed by atoms with Crippen molar-refractivity contribution in [3.8, 4) is 0 Å². The number of hydrogen-bond acceptors (Lipinski definition) is 4. The van der Waals surface area contributed by atoms with Gasteiger partial charge >= 0.3 is 0 Å². The van der Waals surface area contributed by atoms with Crippen molar-refractivity contribution >= 4 is 17.3 Å². The molecule has 5 nitrogen and oxygen atoms in total. The van der Waals surface area contributed by atoms with Gasteiger partial charge < -0.3 is 21.1 Å². The van der Waals surface area contributed by atoms with Crippen LogP contribution < -0.4 is 16.0 Å². The van der Waals surface area contributed by atoms with Crippen LogP contribution in [0.1, 0.15) is 17.3 Å². The summed E-state index contributed by atoms with van der Waals surface area (Å²) >= 11 is 0. The van der Waals surface area contributed by atoms with E-state index in [1.54, 1.807) is 25.1 Å². The van der Waals surface area contributed by atoms with E-state index in [0.717, 1.165) is 5.69 Å². The minimum atomic E-state index is -0.558. The second-order valence-corrected chi connectivity index (χ2v) is 4.23. The van der Waals surface area contributed by atoms with Gasteiger partial charge in [-0.05, 0) is 25.1 Å². The van der Waals surface area contributed by atoms with Gasteiger partial charge in [-0.2, -0.15) is 0 Å². The molecule has 0 aromatic heterocycles. The molecule has 0 aliphatic rings. The normalized spacial score (nSPS) is 12.0. The lowest BCUT2D eigenvalue weighted by Gasteiger charge is -2.16. The lowest BCUT2D eigenvalue weighted by Crippen LogP contribution is -2.30. The van der Waals surface area contributed by atoms with Gasteiger partial charge in [0.05, 0.1) is 17.5 Å². The molecule has 1 aromatic rings. The van der Waals surface area contributed by atoms with E-state index < -0.39 is 6.10 Å². The zero-order valence-corrected chi connectivity index (χ0v) is 10.4. The number of hydrogen-bond donors (Lipinski definition) is 3. The summed E-state index contributed by atoms with van der Waals surface area (Å²) < 4.78 is 0. The summed E-state index contributed by atoms with van der Waals surface area (Å²) in [6.45, 7) is 1.85. The number of anilines is 2. The fourth-order valence-electron chi connectivity index (χ4n) is 1.45. The summed E-state index contributed by atoms with van der Waals surface area (Å²) in [4.78, 5) is 13.6. The van der Waals surface area contributed by atoms with E-state index >= 15 is 0 Å². The van der Waals surface area contributed by atoms with E-state index in [1.807, 2.05) is 19.0 Å². The maximum atomic E-state index is 11.7. The van der Waals surface area contributed by atoms with Gasteiger partial charge in [-0.25, -0.2) is 0 Å². The zero-order valence-electron chi connectivity index (χ0n) is 10.4. The Hall–Kier alpha value is -1.75. The summed E-state index contributed by atoms with van der Waals surface area (Å²) in [5, 5.41) is 11.7. The summed E-state index contributed by atoms with van der Waals surface area (Å²) in [5.41, 5.74) is 7.77. The number of rotatable bonds is 4. The fourth-order valence-corrected chi connectivity index (χ4v) is 1.45. The van der Waals surface area contributed by atoms with Crippen LogP contribution >= 0.6 is 0 Å². The molecule has 1 amide bonds. The van der Waals surface area contributed by atoms with E-state index in [4.69, 9.17) is 10.8 Å². The number of aliphatic hydroxyl groups excluding tert-OH is 1. The quantitative estimate of drug-likeness (QED) is 0.664. The van der Waals surface area contributed by atoms with Crippen molar-refractivity contribution in [1.82, 2.24) is 5.32 Å². The predicted octanol–water partition coefficient (Wildman–Crippen LogP) is 0.445. The molecule has 17 heavy (non-hydrogen) atoms. The molecule has 0 aliphatic heterocycles. The maximum absolute atomic E-state index is 11.7. The Bertz CT molecular complexity index is 403. The molecule has 1 rings (SSSR count). The highest BCUT2D eigenvalue weighted by molar-refractivity contribution is 5.96. The van der Waals surface area contributed by atoms with E-state index in [-0.39, 0.29) is 12.5 Å². The molecule has 94 valence electrons. The molecule has 0 fully saturated rings. The van der Waals surface area contributed by atoms with Crippen LogP contribution in [0.25, 0.3) is 0 Å². The number of carbonyl (C=O) groups is 1. The van der Waals surface area contributed by atoms with Crippen molar-refractivity contribution in [2.75, 3.05) is 31.3 Å². The lowest BCUT2D eigenvalue weighted by molar-refractivity contribution is 0.0924. The first kappa shape index (κ1) is 13.3. The van der Waals surface area contributed by atoms with Crippen LogP contribution in [-0.2, 0) is 0 Å². The van der Waals surface area contributed by atoms with Gasteiger partial charge in [0.15, 0.2) is 0 Å². The Kier molecular flexibility index (Phi) is 4.34. The number of nitrogens with one attached hydrogen (secondary N) is 1. The third kappa shape index (κ3) is 3.64. The zero-order chi connectivity index (χ0) is 13.0. The van der Waals surface area contributed by atoms with Crippen LogP contribution in [0.15, 0.2) is 18.2 Å². The molecule has 0 saturated heterocycles. The molecule has 1 atom stereocenters. The van der Waals surface area contributed by atoms with E-state index in [9.17, 15) is 4.79 Å². The predicted molar refractivity (Wildman–Crippen MR) is 69.2 cm³/mol. The van der Waals surface area contributed by atoms with Gasteiger partial charge in [-0.15, -0.1) is 0 Å². The molecule has 0 unspecified atom stereocenters. The Morgan fingerprint density at radius 2 is 2.18 bits per heavy atom. The van der Waals surface area contributed by atoms with Gasteiger partial charge in [0, 0.05) is 26.2 Å². The van der Waals surface area contributed by atoms with E-state index in [2.05, 4.69) is 5.32 Å². The van der Waals surface area contributed by atoms with Gasteiger partial charge in [0.2, 0.25) is 0 Å². The summed E-state index contributed by atoms with van der Waals surface area (Å²) in [7, 11) is 3.78. The van der Waals surface area contributed by atoms with Crippen molar-refractivity contribution in [1.29, 1.82) is 0 Å². The topological polar surface area (TPSA) is 78.6 Å². The first-order valence-corrected chi connectivity index (χ1v) is 5.45. The van der Waals surface area contributed by atoms with Crippen molar-refractivity contribution in [3.05, 3.63) is 23.8 Å². The van der Waals surface area contributed by atoms with Gasteiger partial charge in [-0.1, -0.05) is 0 Å². The Morgan fingerprint density at radius 3 is 2.65 bits per heavy atom. The molecular formula is C12H19N3O2. The number of nitrogens with zero attached hydrogens (tertiary/aromatic N) is 1. The van der Waals surface area contributed by atoms with E-state index in [0.29, 0.717) is 11.3 Å². The highest BCUT2D eigenvalue weighted by Gasteiger charge is 2.09. The first-order valence-electron chi connectivity index (χ1n) is 5.45. The molecule has 0 aliphatic carbocycles. The van der Waals surface area contributed by atoms with Crippen LogP contribution in [-0.4, -0.2) is 37.8 Å². The SMILES string of the molecule is C[C@H](O)CNC(=O)c1ccc(N(C)C)c(N)c1. The Morgan fingerprint density at radius 1 is 1.53 bits per heavy atom. The van der Waals surface area contributed by atoms with Gasteiger partial charge in [-0.3, -0.25) is 4.79 Å². The third-order valence-corrected chi connectivity index (χ3v) is 2.33. The minimum absolute atomic E-state index is 0.230. The smallest absolute Gasteiger partial charge is 0.251 e. The average Bonchev–Trinajstić information content (AvgIpc) is 2.25. The van der Waals surface area contributed by atoms with Crippen molar-refractivity contribution in [3.63, 3.8) is 0 Å². The highest BCUT2D eigenvalue weighted by Crippen LogP contribution is 2.22. The number of amides is 1. The standard InChI is InChI=1S/C12H19N3O2/c1-8(16)7-14-12(17)9-4-5-11(15(2)3)10(13)6-9/h4-6,8,16H,7,13H2,1-3H3,(H,14,17)/t8-/m0/s1. The summed E-state index contributed by atoms with van der Waals surface area (Å²) in [6, 6.07) is 5.14. The molecule has 5 heteroatoms. The van der Waals surface area contributed by atoms with Crippen molar-refractivity contribution < 1.29 is 9.90 Å². The van der Waals surface area contributed by atoms with Crippen molar-refractivity contribution in [2.45, 2.75) is 13.0 Å². The summed E-state index contributed by atoms with van der Waals surface area (Å²) in [6.07, 6.45) is -0.558. The molecule has 4 N–H and O–H groups in total. The molecule has 0 radical (unpaired) electrons. The lowest BCUT2D eigenvalue weighted by atomic mass is 10.1. The number of nitrogens with two attached hydrogens (primary N) is 1. The molecule has 0 bridgehead atoms. The summed E-state index contributed by atoms with van der Waals surface area (Å²) in [5.74, 6) is -0.233. The van der Waals surface area contributed by atoms with Gasteiger partial charge in [0.25, 0.3) is 5.91 Å². The van der Waals surface area contributed by atoms with Gasteiger partial charge in [0.1, 0.15) is 0 Å². The maximum Gasteiger partial charge on any atom is 0.251 e. The molecule has 1 aromatic carbocycles. The first-order chi connectivity index (χ1) is 7.91. The van der Waals surface area contributed by atoms with Crippen LogP contribution in [0.4, 0.5) is 11.4 Å². The molecule has 0 heterocycles. The number of carbonyl (C=O) groups excluding carboxylic acids is 1. The number of aliphatic hydroxyl groups is 1. The number of nitrogen functional groups attached to an aromatic ring is 1. The molecular weight excluding hydrogens is 218 g/mol. The molecule has 0 spiro atoms. The Labute approximate surface area is 101 Å². The monoisotopic (exact) mass is 237 g/mol. The largest absolute Gasteiger partial charge is 0.397 e. The second-order valence-electron chi connectivity index (χ2n) is 4.23. The Balaban J connectivity index is 2.79. The minimum Gasteiger partial charge on any atom is -0.397 e. The fraction of sp³-hybridized carbons (Fsp3) is 0.417. The third-order valence-electron chi connectivity index (χ3n) is 2.33. The number of benzene rings is 1. The molecule has 0 saturated carbocycles. The second kappa shape index (κ2) is 5.54. The van der Waals surface area contributed by atoms with Crippen LogP contribution in [0.2, 0.25) is 0 Å².